The normalized spacial score (nSPS) is 11.4. The van der Waals surface area contributed by atoms with Gasteiger partial charge in [-0.1, -0.05) is 60.4 Å². The van der Waals surface area contributed by atoms with Crippen molar-refractivity contribution in [2.24, 2.45) is 5.41 Å². The van der Waals surface area contributed by atoms with Crippen LogP contribution in [0.4, 0.5) is 0 Å². The molecule has 0 radical (unpaired) electrons. The maximum atomic E-state index is 10.9. The standard InChI is InChI=1S/C20H21NO2/c1-20(2,19(22)23)13-6-3-7-14-21-15-17-11-8-10-16-9-4-5-12-18(16)17/h3-5,7-12,21H,14-15H2,1-2H3,(H,22,23)/b7-3-. The van der Waals surface area contributed by atoms with Gasteiger partial charge >= 0.3 is 5.97 Å². The lowest BCUT2D eigenvalue weighted by Gasteiger charge is -2.08. The molecule has 0 spiro atoms. The number of benzene rings is 2. The molecule has 0 bridgehead atoms. The van der Waals surface area contributed by atoms with Gasteiger partial charge in [0.05, 0.1) is 0 Å². The molecule has 2 aromatic carbocycles. The Kier molecular flexibility index (Phi) is 5.56. The summed E-state index contributed by atoms with van der Waals surface area (Å²) in [6.45, 7) is 4.65. The number of hydrogen-bond acceptors (Lipinski definition) is 2. The Balaban J connectivity index is 1.87. The SMILES string of the molecule is CC(C)(C#C/C=C\CNCc1cccc2ccccc12)C(=O)O. The average Bonchev–Trinajstić information content (AvgIpc) is 2.54. The van der Waals surface area contributed by atoms with Crippen molar-refractivity contribution < 1.29 is 9.90 Å². The summed E-state index contributed by atoms with van der Waals surface area (Å²) in [5.74, 6) is 4.60. The largest absolute Gasteiger partial charge is 0.480 e. The summed E-state index contributed by atoms with van der Waals surface area (Å²) in [7, 11) is 0. The zero-order chi connectivity index (χ0) is 16.7. The predicted molar refractivity (Wildman–Crippen MR) is 94.0 cm³/mol. The third-order valence-corrected chi connectivity index (χ3v) is 3.58. The predicted octanol–water partition coefficient (Wildman–Crippen LogP) is 3.60. The summed E-state index contributed by atoms with van der Waals surface area (Å²) in [6.07, 6.45) is 3.59. The van der Waals surface area contributed by atoms with E-state index in [1.165, 1.54) is 16.3 Å². The van der Waals surface area contributed by atoms with Crippen molar-refractivity contribution in [1.82, 2.24) is 5.32 Å². The van der Waals surface area contributed by atoms with Crippen LogP contribution in [0.25, 0.3) is 10.8 Å². The van der Waals surface area contributed by atoms with Gasteiger partial charge in [0, 0.05) is 13.1 Å². The number of fused-ring (bicyclic) bond motifs is 1. The smallest absolute Gasteiger partial charge is 0.321 e. The second kappa shape index (κ2) is 7.62. The molecule has 0 saturated carbocycles. The first-order valence-corrected chi connectivity index (χ1v) is 7.59. The molecule has 2 N–H and O–H groups in total. The Morgan fingerprint density at radius 2 is 1.96 bits per heavy atom. The molecule has 0 saturated heterocycles. The van der Waals surface area contributed by atoms with E-state index in [-0.39, 0.29) is 0 Å². The zero-order valence-corrected chi connectivity index (χ0v) is 13.5. The third-order valence-electron chi connectivity index (χ3n) is 3.58. The first kappa shape index (κ1) is 16.8. The topological polar surface area (TPSA) is 49.3 Å². The number of hydrogen-bond donors (Lipinski definition) is 2. The van der Waals surface area contributed by atoms with Gasteiger partial charge in [-0.15, -0.1) is 0 Å². The lowest BCUT2D eigenvalue weighted by atomic mass is 9.95. The van der Waals surface area contributed by atoms with Crippen LogP contribution in [0.3, 0.4) is 0 Å². The molecule has 2 aromatic rings. The Labute approximate surface area is 137 Å². The van der Waals surface area contributed by atoms with E-state index in [1.54, 1.807) is 19.9 Å². The minimum absolute atomic E-state index is 0.686. The van der Waals surface area contributed by atoms with E-state index >= 15 is 0 Å². The number of rotatable bonds is 5. The van der Waals surface area contributed by atoms with Gasteiger partial charge in [0.15, 0.2) is 0 Å². The Morgan fingerprint density at radius 1 is 1.22 bits per heavy atom. The van der Waals surface area contributed by atoms with E-state index in [2.05, 4.69) is 47.5 Å². The van der Waals surface area contributed by atoms with Crippen LogP contribution in [0.2, 0.25) is 0 Å². The van der Waals surface area contributed by atoms with Gasteiger partial charge in [-0.05, 0) is 36.3 Å². The second-order valence-corrected chi connectivity index (χ2v) is 5.87. The summed E-state index contributed by atoms with van der Waals surface area (Å²) in [4.78, 5) is 10.9. The van der Waals surface area contributed by atoms with Crippen molar-refractivity contribution >= 4 is 16.7 Å². The van der Waals surface area contributed by atoms with E-state index in [4.69, 9.17) is 5.11 Å². The van der Waals surface area contributed by atoms with Crippen LogP contribution in [-0.4, -0.2) is 17.6 Å². The van der Waals surface area contributed by atoms with Gasteiger partial charge in [-0.2, -0.15) is 0 Å². The number of carboxylic acid groups (broad SMARTS) is 1. The maximum absolute atomic E-state index is 10.9. The zero-order valence-electron chi connectivity index (χ0n) is 13.5. The number of aliphatic carboxylic acids is 1. The molecule has 0 atom stereocenters. The summed E-state index contributed by atoms with van der Waals surface area (Å²) in [5.41, 5.74) is 0.246. The molecule has 0 amide bonds. The molecule has 0 aromatic heterocycles. The van der Waals surface area contributed by atoms with Crippen LogP contribution < -0.4 is 5.32 Å². The highest BCUT2D eigenvalue weighted by Gasteiger charge is 2.23. The monoisotopic (exact) mass is 307 g/mol. The minimum atomic E-state index is -1.01. The van der Waals surface area contributed by atoms with E-state index in [9.17, 15) is 4.79 Å². The third kappa shape index (κ3) is 4.70. The van der Waals surface area contributed by atoms with Crippen molar-refractivity contribution in [2.45, 2.75) is 20.4 Å². The van der Waals surface area contributed by atoms with E-state index in [1.807, 2.05) is 18.2 Å². The van der Waals surface area contributed by atoms with E-state index in [0.29, 0.717) is 6.54 Å². The fraction of sp³-hybridized carbons (Fsp3) is 0.250. The Hall–Kier alpha value is -2.57. The number of nitrogens with one attached hydrogen (secondary N) is 1. The lowest BCUT2D eigenvalue weighted by Crippen LogP contribution is -2.21. The first-order chi connectivity index (χ1) is 11.0. The second-order valence-electron chi connectivity index (χ2n) is 5.87. The quantitative estimate of drug-likeness (QED) is 0.655. The van der Waals surface area contributed by atoms with Crippen LogP contribution >= 0.6 is 0 Å². The van der Waals surface area contributed by atoms with Crippen LogP contribution in [-0.2, 0) is 11.3 Å². The summed E-state index contributed by atoms with van der Waals surface area (Å²) in [6, 6.07) is 14.6. The molecule has 0 unspecified atom stereocenters. The number of allylic oxidation sites excluding steroid dienone is 1. The van der Waals surface area contributed by atoms with Crippen LogP contribution in [0.5, 0.6) is 0 Å². The molecule has 3 heteroatoms. The molecule has 118 valence electrons. The molecular weight excluding hydrogens is 286 g/mol. The molecule has 3 nitrogen and oxygen atoms in total. The molecule has 0 aliphatic rings. The van der Waals surface area contributed by atoms with Crippen molar-refractivity contribution in [3.8, 4) is 11.8 Å². The van der Waals surface area contributed by atoms with Crippen molar-refractivity contribution in [3.63, 3.8) is 0 Å². The van der Waals surface area contributed by atoms with Crippen LogP contribution in [0.15, 0.2) is 54.6 Å². The highest BCUT2D eigenvalue weighted by Crippen LogP contribution is 2.18. The van der Waals surface area contributed by atoms with Crippen molar-refractivity contribution in [1.29, 1.82) is 0 Å². The molecule has 0 heterocycles. The Morgan fingerprint density at radius 3 is 2.74 bits per heavy atom. The Bertz CT molecular complexity index is 774. The van der Waals surface area contributed by atoms with Gasteiger partial charge < -0.3 is 10.4 Å². The van der Waals surface area contributed by atoms with Crippen LogP contribution in [0, 0.1) is 17.3 Å². The van der Waals surface area contributed by atoms with E-state index in [0.717, 1.165) is 6.54 Å². The molecule has 0 aliphatic carbocycles. The van der Waals surface area contributed by atoms with E-state index < -0.39 is 11.4 Å². The fourth-order valence-electron chi connectivity index (χ4n) is 2.13. The maximum Gasteiger partial charge on any atom is 0.321 e. The van der Waals surface area contributed by atoms with Gasteiger partial charge in [0.2, 0.25) is 0 Å². The van der Waals surface area contributed by atoms with Crippen molar-refractivity contribution in [3.05, 3.63) is 60.2 Å². The fourth-order valence-corrected chi connectivity index (χ4v) is 2.13. The summed E-state index contributed by atoms with van der Waals surface area (Å²) in [5, 5.41) is 14.8. The molecule has 0 fully saturated rings. The minimum Gasteiger partial charge on any atom is -0.480 e. The number of carboxylic acids is 1. The van der Waals surface area contributed by atoms with Gasteiger partial charge in [-0.25, -0.2) is 0 Å². The van der Waals surface area contributed by atoms with Gasteiger partial charge in [0.25, 0.3) is 0 Å². The van der Waals surface area contributed by atoms with Gasteiger partial charge in [0.1, 0.15) is 5.41 Å². The average molecular weight is 307 g/mol. The molecular formula is C20H21NO2. The number of carbonyl (C=O) groups is 1. The highest BCUT2D eigenvalue weighted by molar-refractivity contribution is 5.85. The van der Waals surface area contributed by atoms with Crippen molar-refractivity contribution in [2.75, 3.05) is 6.54 Å². The van der Waals surface area contributed by atoms with Crippen LogP contribution in [0.1, 0.15) is 19.4 Å². The molecule has 0 aliphatic heterocycles. The van der Waals surface area contributed by atoms with Gasteiger partial charge in [-0.3, -0.25) is 4.79 Å². The highest BCUT2D eigenvalue weighted by atomic mass is 16.4. The molecule has 2 rings (SSSR count). The lowest BCUT2D eigenvalue weighted by molar-refractivity contribution is -0.143. The molecule has 23 heavy (non-hydrogen) atoms. The first-order valence-electron chi connectivity index (χ1n) is 7.59. The summed E-state index contributed by atoms with van der Waals surface area (Å²) >= 11 is 0. The summed E-state index contributed by atoms with van der Waals surface area (Å²) < 4.78 is 0.